The van der Waals surface area contributed by atoms with Crippen molar-refractivity contribution in [2.24, 2.45) is 0 Å². The van der Waals surface area contributed by atoms with E-state index < -0.39 is 22.6 Å². The van der Waals surface area contributed by atoms with E-state index in [1.54, 1.807) is 19.9 Å². The fraction of sp³-hybridized carbons (Fsp3) is 0.208. The molecule has 0 saturated heterocycles. The van der Waals surface area contributed by atoms with Gasteiger partial charge in [0, 0.05) is 18.3 Å². The van der Waals surface area contributed by atoms with Crippen molar-refractivity contribution < 1.29 is 27.6 Å². The molecule has 14 heteroatoms. The van der Waals surface area contributed by atoms with E-state index in [1.807, 2.05) is 0 Å². The zero-order valence-corrected chi connectivity index (χ0v) is 20.7. The minimum atomic E-state index is -4.45. The van der Waals surface area contributed by atoms with Crippen molar-refractivity contribution in [3.63, 3.8) is 0 Å². The molecule has 0 saturated carbocycles. The summed E-state index contributed by atoms with van der Waals surface area (Å²) in [4.78, 5) is 23.1. The summed E-state index contributed by atoms with van der Waals surface area (Å²) in [6, 6.07) is 10.2. The first-order chi connectivity index (χ1) is 17.9. The normalized spacial score (nSPS) is 11.4. The van der Waals surface area contributed by atoms with Crippen LogP contribution in [0.2, 0.25) is 5.02 Å². The number of nitrogens with zero attached hydrogens (tertiary/aromatic N) is 5. The number of non-ortho nitro benzene ring substituents is 1. The lowest BCUT2D eigenvalue weighted by atomic mass is 10.1. The summed E-state index contributed by atoms with van der Waals surface area (Å²) >= 11 is 6.01. The molecular weight excluding hydrogens is 529 g/mol. The van der Waals surface area contributed by atoms with E-state index in [1.165, 1.54) is 39.8 Å². The van der Waals surface area contributed by atoms with Crippen LogP contribution in [0.25, 0.3) is 0 Å². The summed E-state index contributed by atoms with van der Waals surface area (Å²) in [5.41, 5.74) is 1.03. The fourth-order valence-corrected chi connectivity index (χ4v) is 3.87. The number of carbonyl (C=O) groups excluding carboxylic acids is 1. The Hall–Kier alpha value is -4.39. The molecule has 1 N–H and O–H groups in total. The summed E-state index contributed by atoms with van der Waals surface area (Å²) in [7, 11) is 0. The van der Waals surface area contributed by atoms with Crippen LogP contribution in [0.4, 0.5) is 24.5 Å². The van der Waals surface area contributed by atoms with E-state index >= 15 is 0 Å². The molecule has 0 aliphatic heterocycles. The van der Waals surface area contributed by atoms with Gasteiger partial charge >= 0.3 is 6.18 Å². The highest BCUT2D eigenvalue weighted by Crippen LogP contribution is 2.30. The molecular formula is C24H20ClF3N6O4. The first-order valence-corrected chi connectivity index (χ1v) is 11.4. The third-order valence-electron chi connectivity index (χ3n) is 5.56. The van der Waals surface area contributed by atoms with Crippen molar-refractivity contribution >= 4 is 28.9 Å². The van der Waals surface area contributed by atoms with Crippen LogP contribution < -0.4 is 10.1 Å². The second-order valence-electron chi connectivity index (χ2n) is 8.24. The lowest BCUT2D eigenvalue weighted by Gasteiger charge is -2.10. The number of hydrogen-bond acceptors (Lipinski definition) is 6. The van der Waals surface area contributed by atoms with Gasteiger partial charge in [-0.15, -0.1) is 0 Å². The summed E-state index contributed by atoms with van der Waals surface area (Å²) < 4.78 is 47.5. The van der Waals surface area contributed by atoms with E-state index in [4.69, 9.17) is 16.3 Å². The molecule has 4 aromatic rings. The molecule has 0 unspecified atom stereocenters. The van der Waals surface area contributed by atoms with E-state index in [-0.39, 0.29) is 35.4 Å². The lowest BCUT2D eigenvalue weighted by Crippen LogP contribution is -2.15. The molecule has 10 nitrogen and oxygen atoms in total. The van der Waals surface area contributed by atoms with Crippen LogP contribution in [0.15, 0.2) is 54.7 Å². The van der Waals surface area contributed by atoms with Crippen molar-refractivity contribution in [1.29, 1.82) is 0 Å². The Bertz CT molecular complexity index is 1520. The van der Waals surface area contributed by atoms with E-state index in [0.29, 0.717) is 22.6 Å². The number of aryl methyl sites for hydroxylation is 1. The average Bonchev–Trinajstić information content (AvgIpc) is 3.43. The van der Waals surface area contributed by atoms with Gasteiger partial charge in [-0.1, -0.05) is 23.7 Å². The van der Waals surface area contributed by atoms with Gasteiger partial charge in [-0.05, 0) is 43.7 Å². The van der Waals surface area contributed by atoms with Gasteiger partial charge in [0.1, 0.15) is 5.75 Å². The molecule has 2 aromatic heterocycles. The number of ether oxygens (including phenoxy) is 1. The third kappa shape index (κ3) is 5.94. The van der Waals surface area contributed by atoms with Crippen LogP contribution in [0.3, 0.4) is 0 Å². The van der Waals surface area contributed by atoms with Crippen LogP contribution in [-0.4, -0.2) is 30.4 Å². The Morgan fingerprint density at radius 1 is 1.16 bits per heavy atom. The van der Waals surface area contributed by atoms with Crippen LogP contribution in [0, 0.1) is 24.0 Å². The zero-order valence-electron chi connectivity index (χ0n) is 20.0. The molecule has 0 aliphatic rings. The van der Waals surface area contributed by atoms with Gasteiger partial charge in [0.2, 0.25) is 0 Å². The topological polar surface area (TPSA) is 117 Å². The number of nitrogens with one attached hydrogen (secondary N) is 1. The summed E-state index contributed by atoms with van der Waals surface area (Å²) in [6.07, 6.45) is -2.95. The molecule has 2 heterocycles. The second kappa shape index (κ2) is 10.5. The minimum Gasteiger partial charge on any atom is -0.470 e. The number of amides is 1. The Morgan fingerprint density at radius 3 is 2.61 bits per heavy atom. The van der Waals surface area contributed by atoms with Gasteiger partial charge in [0.25, 0.3) is 11.6 Å². The second-order valence-corrected chi connectivity index (χ2v) is 8.65. The lowest BCUT2D eigenvalue weighted by molar-refractivity contribution is -0.384. The highest BCUT2D eigenvalue weighted by Gasteiger charge is 2.30. The predicted octanol–water partition coefficient (Wildman–Crippen LogP) is 5.61. The largest absolute Gasteiger partial charge is 0.470 e. The predicted molar refractivity (Wildman–Crippen MR) is 131 cm³/mol. The third-order valence-corrected chi connectivity index (χ3v) is 5.85. The van der Waals surface area contributed by atoms with Gasteiger partial charge in [-0.2, -0.15) is 23.4 Å². The average molecular weight is 549 g/mol. The summed E-state index contributed by atoms with van der Waals surface area (Å²) in [5, 5.41) is 22.1. The standard InChI is InChI=1S/C24H20ClF3N6O4/c1-14-22(15(2)33(30-14)12-16-4-3-5-17(10-16)24(26,27)28)29-23(35)20-8-9-32(31-20)13-38-21-7-6-18(34(36)37)11-19(21)25/h3-11H,12-13H2,1-2H3,(H,29,35). The molecule has 2 aromatic carbocycles. The number of benzene rings is 2. The zero-order chi connectivity index (χ0) is 27.6. The Morgan fingerprint density at radius 2 is 1.92 bits per heavy atom. The molecule has 0 radical (unpaired) electrons. The van der Waals surface area contributed by atoms with Gasteiger partial charge < -0.3 is 10.1 Å². The summed E-state index contributed by atoms with van der Waals surface area (Å²) in [6.45, 7) is 3.34. The SMILES string of the molecule is Cc1nn(Cc2cccc(C(F)(F)F)c2)c(C)c1NC(=O)c1ccn(COc2ccc([N+](=O)[O-])cc2Cl)n1. The Kier molecular flexibility index (Phi) is 7.39. The van der Waals surface area contributed by atoms with E-state index in [2.05, 4.69) is 15.5 Å². The maximum absolute atomic E-state index is 13.0. The van der Waals surface area contributed by atoms with Crippen LogP contribution in [0.5, 0.6) is 5.75 Å². The molecule has 4 rings (SSSR count). The summed E-state index contributed by atoms with van der Waals surface area (Å²) in [5.74, 6) is -0.319. The number of carbonyl (C=O) groups is 1. The van der Waals surface area contributed by atoms with Crippen LogP contribution >= 0.6 is 11.6 Å². The number of nitro groups is 1. The maximum Gasteiger partial charge on any atom is 0.416 e. The number of anilines is 1. The number of hydrogen-bond donors (Lipinski definition) is 1. The molecule has 1 amide bonds. The molecule has 0 atom stereocenters. The number of alkyl halides is 3. The molecule has 0 aliphatic carbocycles. The van der Waals surface area contributed by atoms with E-state index in [0.717, 1.165) is 18.2 Å². The molecule has 0 fully saturated rings. The van der Waals surface area contributed by atoms with E-state index in [9.17, 15) is 28.1 Å². The molecule has 0 bridgehead atoms. The number of aromatic nitrogens is 4. The van der Waals surface area contributed by atoms with Gasteiger partial charge in [-0.3, -0.25) is 19.6 Å². The van der Waals surface area contributed by atoms with Crippen molar-refractivity contribution in [1.82, 2.24) is 19.6 Å². The number of halogens is 4. The van der Waals surface area contributed by atoms with Crippen LogP contribution in [-0.2, 0) is 19.5 Å². The van der Waals surface area contributed by atoms with Gasteiger partial charge in [-0.25, -0.2) is 4.68 Å². The van der Waals surface area contributed by atoms with Crippen molar-refractivity contribution in [2.45, 2.75) is 33.3 Å². The monoisotopic (exact) mass is 548 g/mol. The van der Waals surface area contributed by atoms with Crippen molar-refractivity contribution in [3.05, 3.63) is 98.1 Å². The fourth-order valence-electron chi connectivity index (χ4n) is 3.64. The molecule has 0 spiro atoms. The molecule has 38 heavy (non-hydrogen) atoms. The molecule has 198 valence electrons. The highest BCUT2D eigenvalue weighted by molar-refractivity contribution is 6.32. The van der Waals surface area contributed by atoms with Crippen molar-refractivity contribution in [2.75, 3.05) is 5.32 Å². The Balaban J connectivity index is 1.42. The van der Waals surface area contributed by atoms with Crippen LogP contribution in [0.1, 0.15) is 33.0 Å². The first-order valence-electron chi connectivity index (χ1n) is 11.0. The Labute approximate surface area is 218 Å². The van der Waals surface area contributed by atoms with Crippen molar-refractivity contribution in [3.8, 4) is 5.75 Å². The maximum atomic E-state index is 13.0. The first kappa shape index (κ1) is 26.7. The quantitative estimate of drug-likeness (QED) is 0.226. The highest BCUT2D eigenvalue weighted by atomic mass is 35.5. The smallest absolute Gasteiger partial charge is 0.416 e. The number of nitro benzene ring substituents is 1. The van der Waals surface area contributed by atoms with Gasteiger partial charge in [0.05, 0.1) is 39.1 Å². The minimum absolute atomic E-state index is 0.0532. The number of rotatable bonds is 8. The van der Waals surface area contributed by atoms with Gasteiger partial charge in [0.15, 0.2) is 12.4 Å².